The Kier molecular flexibility index (Phi) is 5.55. The predicted octanol–water partition coefficient (Wildman–Crippen LogP) is 3.31. The number of aryl methyl sites for hydroxylation is 1. The van der Waals surface area contributed by atoms with Crippen LogP contribution in [0.15, 0.2) is 42.5 Å². The van der Waals surface area contributed by atoms with Crippen molar-refractivity contribution in [1.29, 1.82) is 0 Å². The number of carbonyl (C=O) groups is 2. The summed E-state index contributed by atoms with van der Waals surface area (Å²) in [5.74, 6) is -0.574. The molecule has 2 aromatic rings. The summed E-state index contributed by atoms with van der Waals surface area (Å²) in [7, 11) is 0. The van der Waals surface area contributed by atoms with Crippen LogP contribution in [0.1, 0.15) is 40.0 Å². The molecule has 3 amide bonds. The molecule has 0 saturated carbocycles. The van der Waals surface area contributed by atoms with Crippen molar-refractivity contribution in [3.8, 4) is 0 Å². The van der Waals surface area contributed by atoms with Crippen molar-refractivity contribution in [1.82, 2.24) is 10.8 Å². The van der Waals surface area contributed by atoms with Gasteiger partial charge in [0.2, 0.25) is 0 Å². The van der Waals surface area contributed by atoms with Crippen LogP contribution in [0.5, 0.6) is 0 Å². The van der Waals surface area contributed by atoms with Gasteiger partial charge in [0.05, 0.1) is 6.04 Å². The maximum atomic E-state index is 12.2. The summed E-state index contributed by atoms with van der Waals surface area (Å²) in [4.78, 5) is 23.5. The number of benzene rings is 2. The summed E-state index contributed by atoms with van der Waals surface area (Å²) >= 11 is 0. The molecule has 0 saturated heterocycles. The van der Waals surface area contributed by atoms with Crippen LogP contribution in [0.4, 0.5) is 10.5 Å². The molecule has 126 valence electrons. The normalized spacial score (nSPS) is 11.5. The quantitative estimate of drug-likeness (QED) is 0.513. The number of anilines is 1. The molecule has 24 heavy (non-hydrogen) atoms. The first kappa shape index (κ1) is 17.5. The molecular weight excluding hydrogens is 306 g/mol. The van der Waals surface area contributed by atoms with E-state index in [1.807, 2.05) is 39.0 Å². The third kappa shape index (κ3) is 4.11. The van der Waals surface area contributed by atoms with E-state index in [0.29, 0.717) is 5.56 Å². The molecule has 6 heteroatoms. The van der Waals surface area contributed by atoms with Gasteiger partial charge >= 0.3 is 6.03 Å². The highest BCUT2D eigenvalue weighted by Crippen LogP contribution is 2.18. The second-order valence-electron chi connectivity index (χ2n) is 5.63. The number of rotatable bonds is 4. The van der Waals surface area contributed by atoms with Crippen molar-refractivity contribution >= 4 is 17.6 Å². The number of hydrogen-bond donors (Lipinski definition) is 4. The molecule has 0 fully saturated rings. The fourth-order valence-electron chi connectivity index (χ4n) is 2.31. The minimum absolute atomic E-state index is 0.235. The van der Waals surface area contributed by atoms with Gasteiger partial charge in [-0.3, -0.25) is 10.0 Å². The zero-order chi connectivity index (χ0) is 17.7. The van der Waals surface area contributed by atoms with Crippen LogP contribution in [0.2, 0.25) is 0 Å². The minimum atomic E-state index is -0.574. The van der Waals surface area contributed by atoms with E-state index in [9.17, 15) is 9.59 Å². The van der Waals surface area contributed by atoms with E-state index in [1.165, 1.54) is 0 Å². The molecule has 0 aliphatic rings. The summed E-state index contributed by atoms with van der Waals surface area (Å²) in [6, 6.07) is 11.8. The molecule has 0 bridgehead atoms. The molecule has 2 rings (SSSR count). The Labute approximate surface area is 140 Å². The Morgan fingerprint density at radius 2 is 1.71 bits per heavy atom. The van der Waals surface area contributed by atoms with Gasteiger partial charge in [-0.1, -0.05) is 24.3 Å². The third-order valence-corrected chi connectivity index (χ3v) is 3.97. The fraction of sp³-hybridized carbons (Fsp3) is 0.222. The average Bonchev–Trinajstić information content (AvgIpc) is 2.58. The Hall–Kier alpha value is -2.86. The lowest BCUT2D eigenvalue weighted by Gasteiger charge is -2.16. The van der Waals surface area contributed by atoms with Gasteiger partial charge in [-0.25, -0.2) is 10.3 Å². The van der Waals surface area contributed by atoms with Crippen molar-refractivity contribution < 1.29 is 14.8 Å². The Morgan fingerprint density at radius 1 is 1.04 bits per heavy atom. The summed E-state index contributed by atoms with van der Waals surface area (Å²) in [5.41, 5.74) is 5.68. The highest BCUT2D eigenvalue weighted by Gasteiger charge is 2.12. The zero-order valence-electron chi connectivity index (χ0n) is 13.9. The van der Waals surface area contributed by atoms with E-state index in [4.69, 9.17) is 5.21 Å². The lowest BCUT2D eigenvalue weighted by Crippen LogP contribution is -2.31. The van der Waals surface area contributed by atoms with Gasteiger partial charge in [-0.2, -0.15) is 0 Å². The van der Waals surface area contributed by atoms with Crippen molar-refractivity contribution in [2.45, 2.75) is 26.8 Å². The zero-order valence-corrected chi connectivity index (χ0v) is 13.9. The third-order valence-electron chi connectivity index (χ3n) is 3.97. The van der Waals surface area contributed by atoms with E-state index < -0.39 is 5.91 Å². The summed E-state index contributed by atoms with van der Waals surface area (Å²) in [6.07, 6.45) is 0. The van der Waals surface area contributed by atoms with Gasteiger partial charge < -0.3 is 10.6 Å². The smallest absolute Gasteiger partial charge is 0.319 e. The molecule has 0 aliphatic heterocycles. The lowest BCUT2D eigenvalue weighted by atomic mass is 10.1. The second kappa shape index (κ2) is 7.61. The maximum absolute atomic E-state index is 12.2. The lowest BCUT2D eigenvalue weighted by molar-refractivity contribution is 0.0706. The topological polar surface area (TPSA) is 90.5 Å². The molecular formula is C18H21N3O3. The average molecular weight is 327 g/mol. The molecule has 4 N–H and O–H groups in total. The van der Waals surface area contributed by atoms with E-state index in [1.54, 1.807) is 29.7 Å². The number of hydrogen-bond acceptors (Lipinski definition) is 3. The van der Waals surface area contributed by atoms with E-state index in [2.05, 4.69) is 10.6 Å². The van der Waals surface area contributed by atoms with Gasteiger partial charge in [0.25, 0.3) is 5.91 Å². The first-order valence-electron chi connectivity index (χ1n) is 7.60. The van der Waals surface area contributed by atoms with Gasteiger partial charge in [-0.05, 0) is 55.7 Å². The number of amides is 3. The van der Waals surface area contributed by atoms with E-state index in [0.717, 1.165) is 22.4 Å². The first-order valence-corrected chi connectivity index (χ1v) is 7.60. The van der Waals surface area contributed by atoms with Crippen LogP contribution in [-0.4, -0.2) is 17.1 Å². The number of urea groups is 1. The molecule has 6 nitrogen and oxygen atoms in total. The van der Waals surface area contributed by atoms with Gasteiger partial charge in [0.15, 0.2) is 0 Å². The highest BCUT2D eigenvalue weighted by molar-refractivity contribution is 5.93. The minimum Gasteiger partial charge on any atom is -0.331 e. The van der Waals surface area contributed by atoms with E-state index >= 15 is 0 Å². The highest BCUT2D eigenvalue weighted by atomic mass is 16.5. The van der Waals surface area contributed by atoms with Crippen molar-refractivity contribution in [3.05, 3.63) is 64.7 Å². The van der Waals surface area contributed by atoms with Crippen LogP contribution in [0, 0.1) is 13.8 Å². The Morgan fingerprint density at radius 3 is 2.33 bits per heavy atom. The van der Waals surface area contributed by atoms with Crippen LogP contribution >= 0.6 is 0 Å². The van der Waals surface area contributed by atoms with Crippen LogP contribution in [-0.2, 0) is 0 Å². The van der Waals surface area contributed by atoms with Crippen LogP contribution in [0.3, 0.4) is 0 Å². The van der Waals surface area contributed by atoms with Gasteiger partial charge in [0, 0.05) is 11.3 Å². The standard InChI is InChI=1S/C18H21N3O3/c1-11-5-4-6-16(12(11)2)20-18(23)19-13(3)14-7-9-15(10-8-14)17(22)21-24/h4-10,13,24H,1-3H3,(H,21,22)(H2,19,20,23). The summed E-state index contributed by atoms with van der Waals surface area (Å²) in [5, 5.41) is 14.3. The fourth-order valence-corrected chi connectivity index (χ4v) is 2.31. The number of carbonyl (C=O) groups excluding carboxylic acids is 2. The number of nitrogens with one attached hydrogen (secondary N) is 3. The number of hydroxylamine groups is 1. The SMILES string of the molecule is Cc1cccc(NC(=O)NC(C)c2ccc(C(=O)NO)cc2)c1C. The first-order chi connectivity index (χ1) is 11.4. The molecule has 1 unspecified atom stereocenters. The van der Waals surface area contributed by atoms with Crippen LogP contribution < -0.4 is 16.1 Å². The maximum Gasteiger partial charge on any atom is 0.319 e. The van der Waals surface area contributed by atoms with Gasteiger partial charge in [-0.15, -0.1) is 0 Å². The molecule has 1 atom stereocenters. The molecule has 0 spiro atoms. The van der Waals surface area contributed by atoms with Crippen molar-refractivity contribution in [2.75, 3.05) is 5.32 Å². The molecule has 2 aromatic carbocycles. The predicted molar refractivity (Wildman–Crippen MR) is 92.2 cm³/mol. The summed E-state index contributed by atoms with van der Waals surface area (Å²) < 4.78 is 0. The molecule has 0 radical (unpaired) electrons. The monoisotopic (exact) mass is 327 g/mol. The molecule has 0 aliphatic carbocycles. The summed E-state index contributed by atoms with van der Waals surface area (Å²) in [6.45, 7) is 5.80. The Bertz CT molecular complexity index is 742. The second-order valence-corrected chi connectivity index (χ2v) is 5.63. The molecule has 0 aromatic heterocycles. The van der Waals surface area contributed by atoms with Crippen LogP contribution in [0.25, 0.3) is 0 Å². The van der Waals surface area contributed by atoms with Crippen molar-refractivity contribution in [3.63, 3.8) is 0 Å². The largest absolute Gasteiger partial charge is 0.331 e. The van der Waals surface area contributed by atoms with E-state index in [-0.39, 0.29) is 12.1 Å². The van der Waals surface area contributed by atoms with Crippen molar-refractivity contribution in [2.24, 2.45) is 0 Å². The molecule has 0 heterocycles. The van der Waals surface area contributed by atoms with Gasteiger partial charge in [0.1, 0.15) is 0 Å². The Balaban J connectivity index is 2.01.